The molecule has 1 fully saturated rings. The summed E-state index contributed by atoms with van der Waals surface area (Å²) in [5.74, 6) is 2.28. The molecule has 30 heavy (non-hydrogen) atoms. The Hall–Kier alpha value is -1.99. The zero-order valence-electron chi connectivity index (χ0n) is 18.9. The smallest absolute Gasteiger partial charge is 0.213 e. The highest BCUT2D eigenvalue weighted by atomic mass is 32.2. The molecule has 6 nitrogen and oxygen atoms in total. The molecule has 0 saturated carbocycles. The van der Waals surface area contributed by atoms with Crippen molar-refractivity contribution in [3.05, 3.63) is 52.5 Å². The van der Waals surface area contributed by atoms with Crippen LogP contribution in [0.1, 0.15) is 61.3 Å². The second kappa shape index (κ2) is 9.43. The van der Waals surface area contributed by atoms with Crippen LogP contribution in [0.5, 0.6) is 0 Å². The molecule has 0 N–H and O–H groups in total. The standard InChI is InChI=1S/C23H34N4O2S/c1-6-18(4)22-24-19(5)21(16-20-10-8-9-17(3)15-20)23(25-22)26-11-13-27(14-12-26)30(28,29)7-2/h8-10,15,18H,6-7,11-14,16H2,1-5H3/t18-/m0/s1. The van der Waals surface area contributed by atoms with Crippen LogP contribution in [0.4, 0.5) is 5.82 Å². The number of nitrogens with zero attached hydrogens (tertiary/aromatic N) is 4. The fraction of sp³-hybridized carbons (Fsp3) is 0.565. The van der Waals surface area contributed by atoms with Crippen LogP contribution < -0.4 is 4.90 Å². The van der Waals surface area contributed by atoms with Gasteiger partial charge in [0.05, 0.1) is 5.75 Å². The van der Waals surface area contributed by atoms with Gasteiger partial charge in [-0.15, -0.1) is 0 Å². The summed E-state index contributed by atoms with van der Waals surface area (Å²) in [5, 5.41) is 0. The summed E-state index contributed by atoms with van der Waals surface area (Å²) >= 11 is 0. The van der Waals surface area contributed by atoms with Gasteiger partial charge in [-0.25, -0.2) is 18.4 Å². The molecule has 0 spiro atoms. The molecular weight excluding hydrogens is 396 g/mol. The molecule has 2 aromatic rings. The molecule has 0 radical (unpaired) electrons. The van der Waals surface area contributed by atoms with Crippen molar-refractivity contribution in [2.75, 3.05) is 36.8 Å². The molecule has 0 bridgehead atoms. The van der Waals surface area contributed by atoms with E-state index in [2.05, 4.69) is 56.9 Å². The summed E-state index contributed by atoms with van der Waals surface area (Å²) in [5.41, 5.74) is 4.63. The molecule has 0 unspecified atom stereocenters. The summed E-state index contributed by atoms with van der Waals surface area (Å²) in [6, 6.07) is 8.54. The fourth-order valence-corrected chi connectivity index (χ4v) is 4.95. The number of rotatable bonds is 7. The summed E-state index contributed by atoms with van der Waals surface area (Å²) in [7, 11) is -3.15. The van der Waals surface area contributed by atoms with E-state index in [4.69, 9.17) is 9.97 Å². The van der Waals surface area contributed by atoms with E-state index >= 15 is 0 Å². The van der Waals surface area contributed by atoms with Gasteiger partial charge in [-0.2, -0.15) is 4.31 Å². The maximum absolute atomic E-state index is 12.3. The monoisotopic (exact) mass is 430 g/mol. The maximum atomic E-state index is 12.3. The minimum absolute atomic E-state index is 0.149. The predicted molar refractivity (Wildman–Crippen MR) is 123 cm³/mol. The van der Waals surface area contributed by atoms with E-state index < -0.39 is 10.0 Å². The average molecular weight is 431 g/mol. The first-order valence-electron chi connectivity index (χ1n) is 10.9. The van der Waals surface area contributed by atoms with E-state index in [1.165, 1.54) is 11.1 Å². The average Bonchev–Trinajstić information content (AvgIpc) is 2.74. The van der Waals surface area contributed by atoms with Gasteiger partial charge in [0.15, 0.2) is 0 Å². The topological polar surface area (TPSA) is 66.4 Å². The SMILES string of the molecule is CC[C@H](C)c1nc(C)c(Cc2cccc(C)c2)c(N2CCN(S(=O)(=O)CC)CC2)n1. The number of anilines is 1. The van der Waals surface area contributed by atoms with Crippen molar-refractivity contribution in [2.45, 2.75) is 53.4 Å². The number of aryl methyl sites for hydroxylation is 2. The number of piperazine rings is 1. The lowest BCUT2D eigenvalue weighted by Gasteiger charge is -2.36. The molecule has 0 amide bonds. The molecule has 1 aliphatic heterocycles. The van der Waals surface area contributed by atoms with Crippen LogP contribution in [0, 0.1) is 13.8 Å². The van der Waals surface area contributed by atoms with Crippen molar-refractivity contribution >= 4 is 15.8 Å². The first kappa shape index (κ1) is 22.7. The molecule has 0 aliphatic carbocycles. The molecule has 164 valence electrons. The van der Waals surface area contributed by atoms with Crippen molar-refractivity contribution in [3.63, 3.8) is 0 Å². The second-order valence-corrected chi connectivity index (χ2v) is 10.5. The van der Waals surface area contributed by atoms with Crippen LogP contribution in [0.3, 0.4) is 0 Å². The summed E-state index contributed by atoms with van der Waals surface area (Å²) < 4.78 is 26.1. The van der Waals surface area contributed by atoms with E-state index in [-0.39, 0.29) is 11.7 Å². The van der Waals surface area contributed by atoms with Gasteiger partial charge in [0.1, 0.15) is 11.6 Å². The third kappa shape index (κ3) is 5.01. The van der Waals surface area contributed by atoms with Crippen LogP contribution in [0.15, 0.2) is 24.3 Å². The van der Waals surface area contributed by atoms with Gasteiger partial charge < -0.3 is 4.90 Å². The van der Waals surface area contributed by atoms with E-state index in [9.17, 15) is 8.42 Å². The lowest BCUT2D eigenvalue weighted by molar-refractivity contribution is 0.384. The molecular formula is C23H34N4O2S. The first-order chi connectivity index (χ1) is 14.2. The minimum atomic E-state index is -3.15. The first-order valence-corrected chi connectivity index (χ1v) is 12.5. The lowest BCUT2D eigenvalue weighted by atomic mass is 10.0. The van der Waals surface area contributed by atoms with E-state index in [1.54, 1.807) is 11.2 Å². The fourth-order valence-electron chi connectivity index (χ4n) is 3.86. The van der Waals surface area contributed by atoms with Gasteiger partial charge in [0, 0.05) is 49.8 Å². The van der Waals surface area contributed by atoms with Crippen molar-refractivity contribution in [3.8, 4) is 0 Å². The highest BCUT2D eigenvalue weighted by Crippen LogP contribution is 2.28. The largest absolute Gasteiger partial charge is 0.354 e. The molecule has 1 saturated heterocycles. The van der Waals surface area contributed by atoms with E-state index in [0.29, 0.717) is 26.2 Å². The van der Waals surface area contributed by atoms with Crippen molar-refractivity contribution in [1.82, 2.24) is 14.3 Å². The van der Waals surface area contributed by atoms with Gasteiger partial charge in [-0.3, -0.25) is 0 Å². The van der Waals surface area contributed by atoms with Crippen molar-refractivity contribution in [2.24, 2.45) is 0 Å². The number of hydrogen-bond acceptors (Lipinski definition) is 5. The maximum Gasteiger partial charge on any atom is 0.213 e. The quantitative estimate of drug-likeness (QED) is 0.670. The molecule has 1 atom stereocenters. The number of sulfonamides is 1. The van der Waals surface area contributed by atoms with Crippen LogP contribution >= 0.6 is 0 Å². The summed E-state index contributed by atoms with van der Waals surface area (Å²) in [4.78, 5) is 12.1. The Morgan fingerprint density at radius 2 is 1.77 bits per heavy atom. The Labute approximate surface area is 181 Å². The Morgan fingerprint density at radius 1 is 1.07 bits per heavy atom. The van der Waals surface area contributed by atoms with Crippen LogP contribution in [0.2, 0.25) is 0 Å². The second-order valence-electron chi connectivity index (χ2n) is 8.23. The van der Waals surface area contributed by atoms with Gasteiger partial charge in [0.2, 0.25) is 10.0 Å². The zero-order chi connectivity index (χ0) is 21.9. The summed E-state index contributed by atoms with van der Waals surface area (Å²) in [6.45, 7) is 12.5. The van der Waals surface area contributed by atoms with Gasteiger partial charge in [-0.05, 0) is 32.8 Å². The Balaban J connectivity index is 1.95. The highest BCUT2D eigenvalue weighted by Gasteiger charge is 2.28. The zero-order valence-corrected chi connectivity index (χ0v) is 19.7. The molecule has 7 heteroatoms. The Morgan fingerprint density at radius 3 is 2.37 bits per heavy atom. The third-order valence-corrected chi connectivity index (χ3v) is 7.90. The predicted octanol–water partition coefficient (Wildman–Crippen LogP) is 3.67. The third-order valence-electron chi connectivity index (χ3n) is 6.02. The molecule has 2 heterocycles. The van der Waals surface area contributed by atoms with E-state index in [0.717, 1.165) is 35.7 Å². The number of hydrogen-bond donors (Lipinski definition) is 0. The number of benzene rings is 1. The van der Waals surface area contributed by atoms with Gasteiger partial charge in [-0.1, -0.05) is 43.7 Å². The van der Waals surface area contributed by atoms with Crippen LogP contribution in [0.25, 0.3) is 0 Å². The van der Waals surface area contributed by atoms with E-state index in [1.807, 2.05) is 0 Å². The van der Waals surface area contributed by atoms with Crippen LogP contribution in [-0.2, 0) is 16.4 Å². The minimum Gasteiger partial charge on any atom is -0.354 e. The van der Waals surface area contributed by atoms with Crippen molar-refractivity contribution < 1.29 is 8.42 Å². The van der Waals surface area contributed by atoms with Crippen molar-refractivity contribution in [1.29, 1.82) is 0 Å². The van der Waals surface area contributed by atoms with Gasteiger partial charge >= 0.3 is 0 Å². The molecule has 1 aliphatic rings. The normalized spacial score (nSPS) is 16.6. The van der Waals surface area contributed by atoms with Crippen LogP contribution in [-0.4, -0.2) is 54.6 Å². The molecule has 3 rings (SSSR count). The van der Waals surface area contributed by atoms with Gasteiger partial charge in [0.25, 0.3) is 0 Å². The number of aromatic nitrogens is 2. The molecule has 1 aromatic carbocycles. The molecule has 1 aromatic heterocycles. The Kier molecular flexibility index (Phi) is 7.14. The lowest BCUT2D eigenvalue weighted by Crippen LogP contribution is -2.49. The highest BCUT2D eigenvalue weighted by molar-refractivity contribution is 7.89. The summed E-state index contributed by atoms with van der Waals surface area (Å²) in [6.07, 6.45) is 1.76. The Bertz CT molecular complexity index is 983.